The van der Waals surface area contributed by atoms with Gasteiger partial charge in [0.15, 0.2) is 0 Å². The molecule has 0 aliphatic rings. The largest absolute Gasteiger partial charge is 0.291 e. The molecule has 0 fully saturated rings. The van der Waals surface area contributed by atoms with Crippen molar-refractivity contribution in [2.24, 2.45) is 7.05 Å². The molecule has 0 spiro atoms. The molecule has 6 heteroatoms. The minimum absolute atomic E-state index is 0.211. The lowest BCUT2D eigenvalue weighted by molar-refractivity contribution is 0.102. The number of nitrogens with one attached hydrogen (secondary N) is 1. The molecule has 0 saturated carbocycles. The molecule has 0 radical (unpaired) electrons. The Balaban J connectivity index is 2.18. The lowest BCUT2D eigenvalue weighted by Crippen LogP contribution is -2.15. The zero-order chi connectivity index (χ0) is 11.5. The average Bonchev–Trinajstić information content (AvgIpc) is 2.64. The van der Waals surface area contributed by atoms with E-state index < -0.39 is 0 Å². The van der Waals surface area contributed by atoms with Gasteiger partial charge in [-0.3, -0.25) is 10.1 Å². The highest BCUT2D eigenvalue weighted by Crippen LogP contribution is 2.12. The van der Waals surface area contributed by atoms with E-state index in [0.29, 0.717) is 11.5 Å². The van der Waals surface area contributed by atoms with Crippen molar-refractivity contribution in [2.75, 3.05) is 5.32 Å². The van der Waals surface area contributed by atoms with E-state index in [-0.39, 0.29) is 5.91 Å². The van der Waals surface area contributed by atoms with Crippen molar-refractivity contribution in [3.05, 3.63) is 40.6 Å². The Hall–Kier alpha value is -1.69. The van der Waals surface area contributed by atoms with Gasteiger partial charge in [0, 0.05) is 17.1 Å². The van der Waals surface area contributed by atoms with E-state index in [9.17, 15) is 4.79 Å². The summed E-state index contributed by atoms with van der Waals surface area (Å²) in [6.07, 6.45) is 1.39. The molecule has 0 atom stereocenters. The van der Waals surface area contributed by atoms with E-state index in [1.165, 1.54) is 11.0 Å². The molecule has 0 unspecified atom stereocenters. The van der Waals surface area contributed by atoms with Crippen molar-refractivity contribution < 1.29 is 4.79 Å². The molecule has 0 saturated heterocycles. The van der Waals surface area contributed by atoms with Crippen LogP contribution in [0.4, 0.5) is 5.95 Å². The predicted molar refractivity (Wildman–Crippen MR) is 63.1 cm³/mol. The maximum absolute atomic E-state index is 11.8. The summed E-state index contributed by atoms with van der Waals surface area (Å²) in [6, 6.07) is 7.14. The summed E-state index contributed by atoms with van der Waals surface area (Å²) in [5, 5.41) is 6.53. The van der Waals surface area contributed by atoms with Crippen LogP contribution in [0, 0.1) is 0 Å². The standard InChI is InChI=1S/C10H9BrN4O/c1-15-10(12-6-13-15)14-9(16)7-3-2-4-8(11)5-7/h2-6H,1H3,(H,12,13,14,16). The lowest BCUT2D eigenvalue weighted by Gasteiger charge is -2.03. The molecule has 16 heavy (non-hydrogen) atoms. The minimum Gasteiger partial charge on any atom is -0.291 e. The van der Waals surface area contributed by atoms with E-state index >= 15 is 0 Å². The van der Waals surface area contributed by atoms with E-state index in [0.717, 1.165) is 4.47 Å². The van der Waals surface area contributed by atoms with Crippen molar-refractivity contribution >= 4 is 27.8 Å². The molecule has 0 aliphatic heterocycles. The lowest BCUT2D eigenvalue weighted by atomic mass is 10.2. The van der Waals surface area contributed by atoms with Gasteiger partial charge in [0.1, 0.15) is 6.33 Å². The summed E-state index contributed by atoms with van der Waals surface area (Å²) >= 11 is 3.31. The van der Waals surface area contributed by atoms with Crippen LogP contribution in [-0.2, 0) is 7.05 Å². The summed E-state index contributed by atoms with van der Waals surface area (Å²) in [7, 11) is 1.71. The van der Waals surface area contributed by atoms with Crippen molar-refractivity contribution in [1.29, 1.82) is 0 Å². The van der Waals surface area contributed by atoms with Crippen LogP contribution < -0.4 is 5.32 Å². The second kappa shape index (κ2) is 4.44. The molecular formula is C10H9BrN4O. The van der Waals surface area contributed by atoms with Gasteiger partial charge >= 0.3 is 0 Å². The van der Waals surface area contributed by atoms with Crippen LogP contribution in [0.3, 0.4) is 0 Å². The van der Waals surface area contributed by atoms with Crippen molar-refractivity contribution in [1.82, 2.24) is 14.8 Å². The summed E-state index contributed by atoms with van der Waals surface area (Å²) in [5.74, 6) is 0.211. The quantitative estimate of drug-likeness (QED) is 0.913. The Bertz CT molecular complexity index is 523. The van der Waals surface area contributed by atoms with Crippen molar-refractivity contribution in [3.8, 4) is 0 Å². The molecule has 1 aromatic heterocycles. The topological polar surface area (TPSA) is 59.8 Å². The van der Waals surface area contributed by atoms with Crippen LogP contribution in [0.25, 0.3) is 0 Å². The van der Waals surface area contributed by atoms with Gasteiger partial charge in [-0.1, -0.05) is 22.0 Å². The number of benzene rings is 1. The first kappa shape index (κ1) is 10.8. The molecule has 2 rings (SSSR count). The molecule has 82 valence electrons. The van der Waals surface area contributed by atoms with Gasteiger partial charge in [0.05, 0.1) is 0 Å². The predicted octanol–water partition coefficient (Wildman–Crippen LogP) is 1.83. The summed E-state index contributed by atoms with van der Waals surface area (Å²) in [6.45, 7) is 0. The van der Waals surface area contributed by atoms with Gasteiger partial charge in [-0.25, -0.2) is 4.68 Å². The Kier molecular flexibility index (Phi) is 3.00. The number of carbonyl (C=O) groups is 1. The number of rotatable bonds is 2. The smallest absolute Gasteiger partial charge is 0.258 e. The number of amides is 1. The normalized spacial score (nSPS) is 10.1. The zero-order valence-electron chi connectivity index (χ0n) is 8.51. The number of halogens is 1. The third-order valence-electron chi connectivity index (χ3n) is 2.02. The fourth-order valence-corrected chi connectivity index (χ4v) is 1.61. The molecular weight excluding hydrogens is 272 g/mol. The average molecular weight is 281 g/mol. The third-order valence-corrected chi connectivity index (χ3v) is 2.52. The summed E-state index contributed by atoms with van der Waals surface area (Å²) in [4.78, 5) is 15.7. The number of hydrogen-bond donors (Lipinski definition) is 1. The number of hydrogen-bond acceptors (Lipinski definition) is 3. The fourth-order valence-electron chi connectivity index (χ4n) is 1.21. The summed E-state index contributed by atoms with van der Waals surface area (Å²) in [5.41, 5.74) is 0.567. The van der Waals surface area contributed by atoms with Gasteiger partial charge < -0.3 is 0 Å². The highest BCUT2D eigenvalue weighted by atomic mass is 79.9. The molecule has 1 heterocycles. The molecule has 1 aromatic carbocycles. The highest BCUT2D eigenvalue weighted by molar-refractivity contribution is 9.10. The van der Waals surface area contributed by atoms with Crippen molar-refractivity contribution in [2.45, 2.75) is 0 Å². The first-order valence-electron chi connectivity index (χ1n) is 4.58. The van der Waals surface area contributed by atoms with E-state index in [1.54, 1.807) is 25.2 Å². The van der Waals surface area contributed by atoms with Crippen LogP contribution in [0.1, 0.15) is 10.4 Å². The second-order valence-corrected chi connectivity index (χ2v) is 4.09. The van der Waals surface area contributed by atoms with Gasteiger partial charge in [0.25, 0.3) is 5.91 Å². The third kappa shape index (κ3) is 2.27. The Morgan fingerprint density at radius 3 is 2.94 bits per heavy atom. The van der Waals surface area contributed by atoms with E-state index in [4.69, 9.17) is 0 Å². The van der Waals surface area contributed by atoms with Gasteiger partial charge in [-0.15, -0.1) is 0 Å². The number of carbonyl (C=O) groups excluding carboxylic acids is 1. The summed E-state index contributed by atoms with van der Waals surface area (Å²) < 4.78 is 2.36. The minimum atomic E-state index is -0.211. The number of aromatic nitrogens is 3. The van der Waals surface area contributed by atoms with E-state index in [1.807, 2.05) is 6.07 Å². The molecule has 2 aromatic rings. The van der Waals surface area contributed by atoms with Crippen LogP contribution in [-0.4, -0.2) is 20.7 Å². The number of anilines is 1. The van der Waals surface area contributed by atoms with Crippen LogP contribution in [0.15, 0.2) is 35.1 Å². The van der Waals surface area contributed by atoms with Crippen LogP contribution in [0.5, 0.6) is 0 Å². The molecule has 5 nitrogen and oxygen atoms in total. The fraction of sp³-hybridized carbons (Fsp3) is 0.100. The number of nitrogens with zero attached hydrogens (tertiary/aromatic N) is 3. The molecule has 1 amide bonds. The number of aryl methyl sites for hydroxylation is 1. The maximum atomic E-state index is 11.8. The first-order chi connectivity index (χ1) is 7.66. The maximum Gasteiger partial charge on any atom is 0.258 e. The Morgan fingerprint density at radius 2 is 2.31 bits per heavy atom. The molecule has 0 bridgehead atoms. The van der Waals surface area contributed by atoms with Gasteiger partial charge in [-0.2, -0.15) is 10.1 Å². The van der Waals surface area contributed by atoms with Gasteiger partial charge in [0.2, 0.25) is 5.95 Å². The molecule has 1 N–H and O–H groups in total. The van der Waals surface area contributed by atoms with E-state index in [2.05, 4.69) is 31.3 Å². The SMILES string of the molecule is Cn1ncnc1NC(=O)c1cccc(Br)c1. The first-order valence-corrected chi connectivity index (χ1v) is 5.37. The zero-order valence-corrected chi connectivity index (χ0v) is 10.1. The van der Waals surface area contributed by atoms with Crippen LogP contribution >= 0.6 is 15.9 Å². The Labute approximate surface area is 101 Å². The van der Waals surface area contributed by atoms with Crippen LogP contribution in [0.2, 0.25) is 0 Å². The van der Waals surface area contributed by atoms with Crippen molar-refractivity contribution in [3.63, 3.8) is 0 Å². The monoisotopic (exact) mass is 280 g/mol. The second-order valence-electron chi connectivity index (χ2n) is 3.17. The Morgan fingerprint density at radius 1 is 1.50 bits per heavy atom. The highest BCUT2D eigenvalue weighted by Gasteiger charge is 2.09. The molecule has 0 aliphatic carbocycles. The van der Waals surface area contributed by atoms with Gasteiger partial charge in [-0.05, 0) is 18.2 Å².